The highest BCUT2D eigenvalue weighted by molar-refractivity contribution is 5.76. The van der Waals surface area contributed by atoms with Gasteiger partial charge in [0.25, 0.3) is 0 Å². The van der Waals surface area contributed by atoms with Crippen molar-refractivity contribution in [2.24, 2.45) is 11.3 Å². The molecule has 2 fully saturated rings. The van der Waals surface area contributed by atoms with E-state index in [-0.39, 0.29) is 5.92 Å². The lowest BCUT2D eigenvalue weighted by Gasteiger charge is -2.34. The van der Waals surface area contributed by atoms with Crippen LogP contribution < -0.4 is 0 Å². The lowest BCUT2D eigenvalue weighted by molar-refractivity contribution is -0.159. The molecule has 0 spiro atoms. The van der Waals surface area contributed by atoms with E-state index in [2.05, 4.69) is 22.9 Å². The molecular formula is C16H22N2O3. The predicted octanol–water partition coefficient (Wildman–Crippen LogP) is 1.57. The Morgan fingerprint density at radius 3 is 3.05 bits per heavy atom. The highest BCUT2D eigenvalue weighted by Gasteiger charge is 2.53. The highest BCUT2D eigenvalue weighted by Crippen LogP contribution is 2.41. The van der Waals surface area contributed by atoms with Gasteiger partial charge in [0, 0.05) is 32.4 Å². The molecule has 0 unspecified atom stereocenters. The topological polar surface area (TPSA) is 62.7 Å². The number of aromatic nitrogens is 1. The minimum absolute atomic E-state index is 0.193. The van der Waals surface area contributed by atoms with Gasteiger partial charge in [-0.1, -0.05) is 13.0 Å². The predicted molar refractivity (Wildman–Crippen MR) is 77.9 cm³/mol. The van der Waals surface area contributed by atoms with E-state index in [9.17, 15) is 9.90 Å². The molecule has 3 heterocycles. The maximum absolute atomic E-state index is 11.7. The maximum atomic E-state index is 11.7. The molecule has 21 heavy (non-hydrogen) atoms. The van der Waals surface area contributed by atoms with Crippen LogP contribution in [0, 0.1) is 11.3 Å². The number of carboxylic acids is 1. The summed E-state index contributed by atoms with van der Waals surface area (Å²) in [6.07, 6.45) is 3.73. The Morgan fingerprint density at radius 1 is 1.57 bits per heavy atom. The fourth-order valence-electron chi connectivity index (χ4n) is 3.50. The molecule has 2 saturated heterocycles. The summed E-state index contributed by atoms with van der Waals surface area (Å²) in [5, 5.41) is 9.63. The zero-order valence-corrected chi connectivity index (χ0v) is 12.4. The van der Waals surface area contributed by atoms with Crippen molar-refractivity contribution in [2.45, 2.75) is 26.3 Å². The molecule has 0 aliphatic carbocycles. The zero-order valence-electron chi connectivity index (χ0n) is 12.4. The summed E-state index contributed by atoms with van der Waals surface area (Å²) in [6, 6.07) is 4.15. The van der Waals surface area contributed by atoms with Crippen LogP contribution >= 0.6 is 0 Å². The molecule has 1 aromatic rings. The molecule has 0 aromatic carbocycles. The summed E-state index contributed by atoms with van der Waals surface area (Å²) < 4.78 is 5.45. The van der Waals surface area contributed by atoms with E-state index in [1.165, 1.54) is 5.56 Å². The SMILES string of the molecule is CCc1ccc(CN2C[C@@H]3CCOC[C@]3(C(=O)O)C2)nc1. The van der Waals surface area contributed by atoms with Gasteiger partial charge >= 0.3 is 5.97 Å². The van der Waals surface area contributed by atoms with Crippen LogP contribution in [0.5, 0.6) is 0 Å². The summed E-state index contributed by atoms with van der Waals surface area (Å²) in [6.45, 7) is 5.23. The van der Waals surface area contributed by atoms with Gasteiger partial charge in [0.2, 0.25) is 0 Å². The van der Waals surface area contributed by atoms with Gasteiger partial charge in [-0.25, -0.2) is 0 Å². The second-order valence-corrected chi connectivity index (χ2v) is 6.18. The summed E-state index contributed by atoms with van der Waals surface area (Å²) in [7, 11) is 0. The Balaban J connectivity index is 1.71. The molecule has 1 aromatic heterocycles. The van der Waals surface area contributed by atoms with Crippen LogP contribution in [0.4, 0.5) is 0 Å². The first-order valence-corrected chi connectivity index (χ1v) is 7.61. The van der Waals surface area contributed by atoms with Crippen LogP contribution in [-0.2, 0) is 22.5 Å². The van der Waals surface area contributed by atoms with E-state index in [1.807, 2.05) is 12.3 Å². The fourth-order valence-corrected chi connectivity index (χ4v) is 3.50. The maximum Gasteiger partial charge on any atom is 0.313 e. The number of carbonyl (C=O) groups is 1. The van der Waals surface area contributed by atoms with Crippen LogP contribution in [-0.4, -0.2) is 47.3 Å². The van der Waals surface area contributed by atoms with Crippen molar-refractivity contribution < 1.29 is 14.6 Å². The molecule has 0 saturated carbocycles. The van der Waals surface area contributed by atoms with Crippen LogP contribution in [0.1, 0.15) is 24.6 Å². The summed E-state index contributed by atoms with van der Waals surface area (Å²) in [4.78, 5) is 18.4. The Labute approximate surface area is 124 Å². The van der Waals surface area contributed by atoms with Crippen LogP contribution in [0.2, 0.25) is 0 Å². The molecule has 3 rings (SSSR count). The Bertz CT molecular complexity index is 517. The summed E-state index contributed by atoms with van der Waals surface area (Å²) in [5.41, 5.74) is 1.51. The van der Waals surface area contributed by atoms with Gasteiger partial charge in [-0.2, -0.15) is 0 Å². The molecule has 1 N–H and O–H groups in total. The van der Waals surface area contributed by atoms with E-state index < -0.39 is 11.4 Å². The summed E-state index contributed by atoms with van der Waals surface area (Å²) >= 11 is 0. The monoisotopic (exact) mass is 290 g/mol. The average molecular weight is 290 g/mol. The van der Waals surface area contributed by atoms with Crippen molar-refractivity contribution in [3.63, 3.8) is 0 Å². The molecule has 114 valence electrons. The summed E-state index contributed by atoms with van der Waals surface area (Å²) in [5.74, 6) is -0.525. The number of hydrogen-bond donors (Lipinski definition) is 1. The Kier molecular flexibility index (Phi) is 3.95. The smallest absolute Gasteiger partial charge is 0.313 e. The number of carboxylic acid groups (broad SMARTS) is 1. The molecule has 2 atom stereocenters. The van der Waals surface area contributed by atoms with Crippen molar-refractivity contribution in [3.05, 3.63) is 29.6 Å². The van der Waals surface area contributed by atoms with Crippen molar-refractivity contribution in [1.82, 2.24) is 9.88 Å². The number of pyridine rings is 1. The standard InChI is InChI=1S/C16H22N2O3/c1-2-12-3-4-14(17-7-12)9-18-8-13-5-6-21-11-16(13,10-18)15(19)20/h3-4,7,13H,2,5-6,8-11H2,1H3,(H,19,20)/t13-,16+/m0/s1. The van der Waals surface area contributed by atoms with E-state index in [4.69, 9.17) is 4.74 Å². The number of fused-ring (bicyclic) bond motifs is 1. The lowest BCUT2D eigenvalue weighted by atomic mass is 9.76. The first-order valence-electron chi connectivity index (χ1n) is 7.61. The van der Waals surface area contributed by atoms with Crippen molar-refractivity contribution in [2.75, 3.05) is 26.3 Å². The Hall–Kier alpha value is -1.46. The number of hydrogen-bond acceptors (Lipinski definition) is 4. The molecular weight excluding hydrogens is 268 g/mol. The molecule has 5 heteroatoms. The third-order valence-corrected chi connectivity index (χ3v) is 4.84. The molecule has 5 nitrogen and oxygen atoms in total. The Morgan fingerprint density at radius 2 is 2.43 bits per heavy atom. The normalized spacial score (nSPS) is 29.3. The minimum Gasteiger partial charge on any atom is -0.481 e. The van der Waals surface area contributed by atoms with Crippen LogP contribution in [0.3, 0.4) is 0 Å². The van der Waals surface area contributed by atoms with Gasteiger partial charge in [0.05, 0.1) is 12.3 Å². The van der Waals surface area contributed by atoms with Crippen molar-refractivity contribution >= 4 is 5.97 Å². The first-order chi connectivity index (χ1) is 10.1. The van der Waals surface area contributed by atoms with Crippen LogP contribution in [0.25, 0.3) is 0 Å². The lowest BCUT2D eigenvalue weighted by Crippen LogP contribution is -2.46. The first kappa shape index (κ1) is 14.5. The van der Waals surface area contributed by atoms with Gasteiger partial charge in [-0.05, 0) is 30.4 Å². The number of aryl methyl sites for hydroxylation is 1. The average Bonchev–Trinajstić information content (AvgIpc) is 2.87. The molecule has 0 bridgehead atoms. The van der Waals surface area contributed by atoms with Gasteiger partial charge < -0.3 is 9.84 Å². The van der Waals surface area contributed by atoms with Gasteiger partial charge in [-0.15, -0.1) is 0 Å². The number of ether oxygens (including phenoxy) is 1. The third kappa shape index (κ3) is 2.68. The van der Waals surface area contributed by atoms with E-state index in [0.29, 0.717) is 19.8 Å². The van der Waals surface area contributed by atoms with Gasteiger partial charge in [0.15, 0.2) is 0 Å². The molecule has 0 amide bonds. The number of likely N-dealkylation sites (tertiary alicyclic amines) is 1. The largest absolute Gasteiger partial charge is 0.481 e. The molecule has 2 aliphatic rings. The number of aliphatic carboxylic acids is 1. The number of nitrogens with zero attached hydrogens (tertiary/aromatic N) is 2. The van der Waals surface area contributed by atoms with Gasteiger partial charge in [-0.3, -0.25) is 14.7 Å². The molecule has 0 radical (unpaired) electrons. The van der Waals surface area contributed by atoms with Crippen molar-refractivity contribution in [1.29, 1.82) is 0 Å². The van der Waals surface area contributed by atoms with Crippen molar-refractivity contribution in [3.8, 4) is 0 Å². The third-order valence-electron chi connectivity index (χ3n) is 4.84. The minimum atomic E-state index is -0.721. The van der Waals surface area contributed by atoms with Gasteiger partial charge in [0.1, 0.15) is 5.41 Å². The highest BCUT2D eigenvalue weighted by atomic mass is 16.5. The zero-order chi connectivity index (χ0) is 14.9. The van der Waals surface area contributed by atoms with E-state index >= 15 is 0 Å². The fraction of sp³-hybridized carbons (Fsp3) is 0.625. The van der Waals surface area contributed by atoms with Crippen LogP contribution in [0.15, 0.2) is 18.3 Å². The quantitative estimate of drug-likeness (QED) is 0.912. The second-order valence-electron chi connectivity index (χ2n) is 6.18. The second kappa shape index (κ2) is 5.73. The van der Waals surface area contributed by atoms with E-state index in [0.717, 1.165) is 31.6 Å². The molecule has 2 aliphatic heterocycles. The van der Waals surface area contributed by atoms with E-state index in [1.54, 1.807) is 0 Å². The number of rotatable bonds is 4.